The van der Waals surface area contributed by atoms with Gasteiger partial charge in [-0.05, 0) is 61.1 Å². The smallest absolute Gasteiger partial charge is 0.267 e. The van der Waals surface area contributed by atoms with Gasteiger partial charge in [0.2, 0.25) is 10.0 Å². The quantitative estimate of drug-likeness (QED) is 0.722. The van der Waals surface area contributed by atoms with Crippen LogP contribution in [0.4, 0.5) is 0 Å². The van der Waals surface area contributed by atoms with Crippen molar-refractivity contribution in [2.75, 3.05) is 6.54 Å². The Balaban J connectivity index is 1.48. The lowest BCUT2D eigenvalue weighted by Gasteiger charge is -2.16. The minimum absolute atomic E-state index is 0.0619. The maximum absolute atomic E-state index is 12.6. The van der Waals surface area contributed by atoms with Crippen LogP contribution in [-0.4, -0.2) is 30.0 Å². The number of hydrogen-bond acceptors (Lipinski definition) is 5. The van der Waals surface area contributed by atoms with Crippen LogP contribution in [0.5, 0.6) is 0 Å². The monoisotopic (exact) mass is 384 g/mol. The van der Waals surface area contributed by atoms with Crippen molar-refractivity contribution in [3.05, 3.63) is 63.9 Å². The molecule has 140 valence electrons. The van der Waals surface area contributed by atoms with Gasteiger partial charge in [-0.1, -0.05) is 23.4 Å². The molecule has 0 unspecified atom stereocenters. The van der Waals surface area contributed by atoms with Gasteiger partial charge in [0.15, 0.2) is 0 Å². The summed E-state index contributed by atoms with van der Waals surface area (Å²) < 4.78 is 28.9. The molecule has 3 aromatic rings. The van der Waals surface area contributed by atoms with Crippen LogP contribution in [0.1, 0.15) is 24.0 Å². The van der Waals surface area contributed by atoms with Crippen molar-refractivity contribution >= 4 is 20.9 Å². The van der Waals surface area contributed by atoms with Gasteiger partial charge in [0.05, 0.1) is 16.8 Å². The van der Waals surface area contributed by atoms with Crippen LogP contribution in [0.2, 0.25) is 0 Å². The fraction of sp³-hybridized carbons (Fsp3) is 0.316. The van der Waals surface area contributed by atoms with E-state index in [4.69, 9.17) is 0 Å². The van der Waals surface area contributed by atoms with E-state index in [1.807, 2.05) is 6.07 Å². The Labute approximate surface area is 157 Å². The highest BCUT2D eigenvalue weighted by molar-refractivity contribution is 7.89. The average molecular weight is 384 g/mol. The van der Waals surface area contributed by atoms with Crippen LogP contribution in [0.15, 0.2) is 52.2 Å². The summed E-state index contributed by atoms with van der Waals surface area (Å²) in [6.07, 6.45) is 4.17. The molecule has 0 fully saturated rings. The first-order valence-electron chi connectivity index (χ1n) is 8.99. The molecule has 1 N–H and O–H groups in total. The molecule has 0 amide bonds. The SMILES string of the molecule is O=c1c2ccccc2nnn1CCNS(=O)(=O)c1ccc2c(c1)CCCC2. The molecule has 0 aliphatic heterocycles. The van der Waals surface area contributed by atoms with Crippen molar-refractivity contribution in [3.8, 4) is 0 Å². The Morgan fingerprint density at radius 3 is 2.67 bits per heavy atom. The first-order valence-corrected chi connectivity index (χ1v) is 10.5. The average Bonchev–Trinajstić information content (AvgIpc) is 2.69. The van der Waals surface area contributed by atoms with Crippen molar-refractivity contribution < 1.29 is 8.42 Å². The maximum atomic E-state index is 12.6. The standard InChI is InChI=1S/C19H20N4O3S/c24-19-17-7-3-4-8-18(17)21-22-23(19)12-11-20-27(25,26)16-10-9-14-5-1-2-6-15(14)13-16/h3-4,7-10,13,20H,1-2,5-6,11-12H2. The van der Waals surface area contributed by atoms with Gasteiger partial charge in [0.1, 0.15) is 5.52 Å². The zero-order valence-corrected chi connectivity index (χ0v) is 15.6. The van der Waals surface area contributed by atoms with E-state index in [0.717, 1.165) is 31.2 Å². The molecule has 4 rings (SSSR count). The summed E-state index contributed by atoms with van der Waals surface area (Å²) in [4.78, 5) is 12.7. The summed E-state index contributed by atoms with van der Waals surface area (Å²) in [7, 11) is -3.63. The van der Waals surface area contributed by atoms with Gasteiger partial charge in [0, 0.05) is 6.54 Å². The highest BCUT2D eigenvalue weighted by Gasteiger charge is 2.17. The van der Waals surface area contributed by atoms with Crippen molar-refractivity contribution in [3.63, 3.8) is 0 Å². The second kappa shape index (κ2) is 7.21. The predicted octanol–water partition coefficient (Wildman–Crippen LogP) is 1.65. The summed E-state index contributed by atoms with van der Waals surface area (Å²) >= 11 is 0. The first-order chi connectivity index (χ1) is 13.0. The molecule has 1 aliphatic rings. The van der Waals surface area contributed by atoms with Gasteiger partial charge in [-0.15, -0.1) is 5.10 Å². The summed E-state index contributed by atoms with van der Waals surface area (Å²) in [5.41, 5.74) is 2.58. The van der Waals surface area contributed by atoms with E-state index in [2.05, 4.69) is 15.0 Å². The van der Waals surface area contributed by atoms with E-state index in [0.29, 0.717) is 10.9 Å². The maximum Gasteiger partial charge on any atom is 0.277 e. The van der Waals surface area contributed by atoms with E-state index in [1.54, 1.807) is 36.4 Å². The third kappa shape index (κ3) is 3.63. The van der Waals surface area contributed by atoms with Crippen molar-refractivity contribution in [2.45, 2.75) is 37.1 Å². The second-order valence-corrected chi connectivity index (χ2v) is 8.44. The Morgan fingerprint density at radius 2 is 1.81 bits per heavy atom. The molecular formula is C19H20N4O3S. The van der Waals surface area contributed by atoms with E-state index >= 15 is 0 Å². The van der Waals surface area contributed by atoms with Gasteiger partial charge in [-0.25, -0.2) is 17.8 Å². The van der Waals surface area contributed by atoms with Crippen LogP contribution in [0, 0.1) is 0 Å². The highest BCUT2D eigenvalue weighted by atomic mass is 32.2. The number of nitrogens with zero attached hydrogens (tertiary/aromatic N) is 3. The molecule has 1 heterocycles. The molecular weight excluding hydrogens is 364 g/mol. The Morgan fingerprint density at radius 1 is 1.04 bits per heavy atom. The van der Waals surface area contributed by atoms with Crippen molar-refractivity contribution in [1.29, 1.82) is 0 Å². The van der Waals surface area contributed by atoms with Gasteiger partial charge in [-0.2, -0.15) is 0 Å². The van der Waals surface area contributed by atoms with Gasteiger partial charge < -0.3 is 0 Å². The minimum atomic E-state index is -3.63. The van der Waals surface area contributed by atoms with E-state index < -0.39 is 10.0 Å². The number of fused-ring (bicyclic) bond motifs is 2. The Hall–Kier alpha value is -2.58. The summed E-state index contributed by atoms with van der Waals surface area (Å²) in [5, 5.41) is 8.34. The molecule has 7 nitrogen and oxygen atoms in total. The van der Waals surface area contributed by atoms with Crippen molar-refractivity contribution in [2.24, 2.45) is 0 Å². The lowest BCUT2D eigenvalue weighted by molar-refractivity contribution is 0.531. The lowest BCUT2D eigenvalue weighted by atomic mass is 9.92. The van der Waals surface area contributed by atoms with Gasteiger partial charge >= 0.3 is 0 Å². The zero-order valence-electron chi connectivity index (χ0n) is 14.8. The highest BCUT2D eigenvalue weighted by Crippen LogP contribution is 2.23. The third-order valence-electron chi connectivity index (χ3n) is 4.88. The second-order valence-electron chi connectivity index (χ2n) is 6.67. The molecule has 27 heavy (non-hydrogen) atoms. The van der Waals surface area contributed by atoms with Crippen LogP contribution in [0.25, 0.3) is 10.9 Å². The molecule has 0 bridgehead atoms. The van der Waals surface area contributed by atoms with Crippen molar-refractivity contribution in [1.82, 2.24) is 19.7 Å². The molecule has 0 saturated heterocycles. The number of aromatic nitrogens is 3. The molecule has 8 heteroatoms. The molecule has 0 atom stereocenters. The molecule has 0 radical (unpaired) electrons. The summed E-state index contributed by atoms with van der Waals surface area (Å²) in [6.45, 7) is 0.174. The Bertz CT molecular complexity index is 1160. The van der Waals surface area contributed by atoms with E-state index in [-0.39, 0.29) is 23.5 Å². The number of sulfonamides is 1. The van der Waals surface area contributed by atoms with E-state index in [9.17, 15) is 13.2 Å². The number of nitrogens with one attached hydrogen (secondary N) is 1. The molecule has 2 aromatic carbocycles. The Kier molecular flexibility index (Phi) is 4.75. The molecule has 0 spiro atoms. The third-order valence-corrected chi connectivity index (χ3v) is 6.33. The van der Waals surface area contributed by atoms with Crippen LogP contribution in [0.3, 0.4) is 0 Å². The fourth-order valence-corrected chi connectivity index (χ4v) is 4.49. The van der Waals surface area contributed by atoms with Gasteiger partial charge in [0.25, 0.3) is 5.56 Å². The van der Waals surface area contributed by atoms with Gasteiger partial charge in [-0.3, -0.25) is 4.79 Å². The zero-order chi connectivity index (χ0) is 18.9. The number of rotatable bonds is 5. The molecule has 0 saturated carbocycles. The summed E-state index contributed by atoms with van der Waals surface area (Å²) in [5.74, 6) is 0. The molecule has 1 aromatic heterocycles. The van der Waals surface area contributed by atoms with E-state index in [1.165, 1.54) is 10.2 Å². The number of benzene rings is 2. The lowest BCUT2D eigenvalue weighted by Crippen LogP contribution is -2.32. The van der Waals surface area contributed by atoms with Crippen LogP contribution < -0.4 is 10.3 Å². The summed E-state index contributed by atoms with van der Waals surface area (Å²) in [6, 6.07) is 12.3. The molecule has 1 aliphatic carbocycles. The minimum Gasteiger partial charge on any atom is -0.267 e. The first kappa shape index (κ1) is 17.8. The normalized spacial score (nSPS) is 14.2. The van der Waals surface area contributed by atoms with Crippen LogP contribution in [-0.2, 0) is 29.4 Å². The fourth-order valence-electron chi connectivity index (χ4n) is 3.42. The largest absolute Gasteiger partial charge is 0.277 e. The topological polar surface area (TPSA) is 93.9 Å². The number of hydrogen-bond donors (Lipinski definition) is 1. The number of aryl methyl sites for hydroxylation is 2. The predicted molar refractivity (Wildman–Crippen MR) is 102 cm³/mol. The van der Waals surface area contributed by atoms with Crippen LogP contribution >= 0.6 is 0 Å².